The van der Waals surface area contributed by atoms with E-state index in [1.807, 2.05) is 6.92 Å². The van der Waals surface area contributed by atoms with E-state index < -0.39 is 5.97 Å². The minimum atomic E-state index is -0.633. The summed E-state index contributed by atoms with van der Waals surface area (Å²) in [4.78, 5) is 13.5. The van der Waals surface area contributed by atoms with Gasteiger partial charge in [-0.3, -0.25) is 9.69 Å². The number of carboxylic acid groups (broad SMARTS) is 1. The van der Waals surface area contributed by atoms with Crippen molar-refractivity contribution >= 4 is 5.97 Å². The van der Waals surface area contributed by atoms with Gasteiger partial charge in [0.2, 0.25) is 0 Å². The van der Waals surface area contributed by atoms with Crippen LogP contribution < -0.4 is 0 Å². The Balaban J connectivity index is 2.13. The fourth-order valence-corrected chi connectivity index (χ4v) is 3.51. The molecule has 0 radical (unpaired) electrons. The number of carboxylic acids is 1. The number of hydrogen-bond donors (Lipinski definition) is 1. The van der Waals surface area contributed by atoms with Crippen molar-refractivity contribution in [3.63, 3.8) is 0 Å². The van der Waals surface area contributed by atoms with Gasteiger partial charge in [0.05, 0.1) is 5.92 Å². The minimum Gasteiger partial charge on any atom is -0.481 e. The molecule has 0 aromatic carbocycles. The summed E-state index contributed by atoms with van der Waals surface area (Å²) in [7, 11) is 0. The van der Waals surface area contributed by atoms with Crippen LogP contribution in [-0.2, 0) is 4.79 Å². The van der Waals surface area contributed by atoms with Crippen LogP contribution in [0.5, 0.6) is 0 Å². The maximum atomic E-state index is 11.1. The zero-order chi connectivity index (χ0) is 11.0. The van der Waals surface area contributed by atoms with Crippen LogP contribution >= 0.6 is 0 Å². The van der Waals surface area contributed by atoms with Gasteiger partial charge in [-0.25, -0.2) is 0 Å². The minimum absolute atomic E-state index is 0.206. The van der Waals surface area contributed by atoms with Gasteiger partial charge in [0.1, 0.15) is 0 Å². The predicted octanol–water partition coefficient (Wildman–Crippen LogP) is 1.83. The Kier molecular flexibility index (Phi) is 3.01. The van der Waals surface area contributed by atoms with Gasteiger partial charge in [-0.1, -0.05) is 13.8 Å². The Bertz CT molecular complexity index is 240. The molecule has 2 heterocycles. The molecular weight excluding hydrogens is 190 g/mol. The number of aliphatic carboxylic acids is 1. The average Bonchev–Trinajstić information content (AvgIpc) is 2.15. The van der Waals surface area contributed by atoms with Crippen molar-refractivity contribution in [1.29, 1.82) is 0 Å². The molecule has 2 aliphatic rings. The van der Waals surface area contributed by atoms with Crippen LogP contribution in [0.1, 0.15) is 33.1 Å². The third-order valence-corrected chi connectivity index (χ3v) is 4.08. The maximum Gasteiger partial charge on any atom is 0.307 e. The number of carbonyl (C=O) groups is 1. The summed E-state index contributed by atoms with van der Waals surface area (Å²) in [5.74, 6) is 0.524. The summed E-state index contributed by atoms with van der Waals surface area (Å²) >= 11 is 0. The molecule has 15 heavy (non-hydrogen) atoms. The molecule has 5 atom stereocenters. The van der Waals surface area contributed by atoms with Crippen LogP contribution in [0.4, 0.5) is 0 Å². The standard InChI is InChI=1S/C12H21NO2/c1-8-6-10-4-3-5-13(7-8)11(10)9(2)12(14)15/h8-11H,3-7H2,1-2H3,(H,14,15). The van der Waals surface area contributed by atoms with Crippen molar-refractivity contribution in [3.8, 4) is 0 Å². The lowest BCUT2D eigenvalue weighted by Gasteiger charge is -2.49. The molecule has 0 spiro atoms. The predicted molar refractivity (Wildman–Crippen MR) is 58.7 cm³/mol. The van der Waals surface area contributed by atoms with E-state index in [9.17, 15) is 4.79 Å². The summed E-state index contributed by atoms with van der Waals surface area (Å²) in [6.45, 7) is 6.35. The second kappa shape index (κ2) is 4.12. The smallest absolute Gasteiger partial charge is 0.307 e. The fourth-order valence-electron chi connectivity index (χ4n) is 3.51. The zero-order valence-corrected chi connectivity index (χ0v) is 9.65. The lowest BCUT2D eigenvalue weighted by molar-refractivity contribution is -0.146. The van der Waals surface area contributed by atoms with Gasteiger partial charge in [-0.15, -0.1) is 0 Å². The van der Waals surface area contributed by atoms with Gasteiger partial charge in [0, 0.05) is 12.6 Å². The van der Waals surface area contributed by atoms with Crippen LogP contribution in [0.3, 0.4) is 0 Å². The van der Waals surface area contributed by atoms with E-state index in [2.05, 4.69) is 11.8 Å². The molecule has 86 valence electrons. The second-order valence-corrected chi connectivity index (χ2v) is 5.36. The SMILES string of the molecule is CC1CC2CCCN(C1)C2C(C)C(=O)O. The first-order valence-electron chi connectivity index (χ1n) is 6.06. The normalized spacial score (nSPS) is 42.3. The lowest BCUT2D eigenvalue weighted by Crippen LogP contribution is -2.55. The lowest BCUT2D eigenvalue weighted by atomic mass is 9.74. The van der Waals surface area contributed by atoms with E-state index in [4.69, 9.17) is 5.11 Å². The molecule has 0 amide bonds. The highest BCUT2D eigenvalue weighted by Gasteiger charge is 2.41. The molecule has 0 aromatic rings. The first-order valence-corrected chi connectivity index (χ1v) is 6.06. The van der Waals surface area contributed by atoms with Crippen LogP contribution in [0, 0.1) is 17.8 Å². The summed E-state index contributed by atoms with van der Waals surface area (Å²) < 4.78 is 0. The molecule has 2 fully saturated rings. The monoisotopic (exact) mass is 211 g/mol. The van der Waals surface area contributed by atoms with E-state index in [0.717, 1.165) is 19.0 Å². The number of hydrogen-bond acceptors (Lipinski definition) is 2. The van der Waals surface area contributed by atoms with E-state index in [1.54, 1.807) is 0 Å². The first-order chi connectivity index (χ1) is 7.09. The quantitative estimate of drug-likeness (QED) is 0.757. The third kappa shape index (κ3) is 2.03. The van der Waals surface area contributed by atoms with Crippen LogP contribution in [0.25, 0.3) is 0 Å². The fraction of sp³-hybridized carbons (Fsp3) is 0.917. The summed E-state index contributed by atoms with van der Waals surface area (Å²) in [6.07, 6.45) is 3.70. The Morgan fingerprint density at radius 1 is 1.53 bits per heavy atom. The summed E-state index contributed by atoms with van der Waals surface area (Å²) in [5, 5.41) is 9.13. The molecule has 1 N–H and O–H groups in total. The third-order valence-electron chi connectivity index (χ3n) is 4.08. The first kappa shape index (κ1) is 10.9. The van der Waals surface area contributed by atoms with Crippen LogP contribution in [0.15, 0.2) is 0 Å². The Morgan fingerprint density at radius 3 is 2.87 bits per heavy atom. The van der Waals surface area contributed by atoms with Gasteiger partial charge in [-0.2, -0.15) is 0 Å². The number of fused-ring (bicyclic) bond motifs is 2. The Labute approximate surface area is 91.5 Å². The molecule has 2 rings (SSSR count). The van der Waals surface area contributed by atoms with Gasteiger partial charge < -0.3 is 5.11 Å². The molecule has 2 saturated heterocycles. The highest BCUT2D eigenvalue weighted by molar-refractivity contribution is 5.70. The molecule has 0 aromatic heterocycles. The molecule has 2 bridgehead atoms. The maximum absolute atomic E-state index is 11.1. The van der Waals surface area contributed by atoms with Crippen molar-refractivity contribution in [2.45, 2.75) is 39.2 Å². The van der Waals surface area contributed by atoms with Crippen LogP contribution in [0.2, 0.25) is 0 Å². The van der Waals surface area contributed by atoms with E-state index in [1.165, 1.54) is 19.3 Å². The zero-order valence-electron chi connectivity index (χ0n) is 9.65. The molecule has 3 heteroatoms. The van der Waals surface area contributed by atoms with E-state index in [0.29, 0.717) is 12.0 Å². The number of rotatable bonds is 2. The number of nitrogens with zero attached hydrogens (tertiary/aromatic N) is 1. The van der Waals surface area contributed by atoms with Crippen LogP contribution in [-0.4, -0.2) is 35.1 Å². The second-order valence-electron chi connectivity index (χ2n) is 5.36. The molecular formula is C12H21NO2. The van der Waals surface area contributed by atoms with Crippen molar-refractivity contribution in [1.82, 2.24) is 4.90 Å². The van der Waals surface area contributed by atoms with Gasteiger partial charge in [-0.05, 0) is 37.6 Å². The van der Waals surface area contributed by atoms with Crippen molar-refractivity contribution in [2.24, 2.45) is 17.8 Å². The summed E-state index contributed by atoms with van der Waals surface area (Å²) in [5.41, 5.74) is 0. The average molecular weight is 211 g/mol. The van der Waals surface area contributed by atoms with Gasteiger partial charge in [0.25, 0.3) is 0 Å². The molecule has 0 saturated carbocycles. The molecule has 0 aliphatic carbocycles. The largest absolute Gasteiger partial charge is 0.481 e. The highest BCUT2D eigenvalue weighted by atomic mass is 16.4. The molecule has 2 aliphatic heterocycles. The van der Waals surface area contributed by atoms with Gasteiger partial charge in [0.15, 0.2) is 0 Å². The summed E-state index contributed by atoms with van der Waals surface area (Å²) in [6, 6.07) is 0.299. The highest BCUT2D eigenvalue weighted by Crippen LogP contribution is 2.38. The van der Waals surface area contributed by atoms with E-state index in [-0.39, 0.29) is 5.92 Å². The van der Waals surface area contributed by atoms with Crippen molar-refractivity contribution in [2.75, 3.05) is 13.1 Å². The van der Waals surface area contributed by atoms with Gasteiger partial charge >= 0.3 is 5.97 Å². The van der Waals surface area contributed by atoms with Crippen molar-refractivity contribution in [3.05, 3.63) is 0 Å². The molecule has 3 nitrogen and oxygen atoms in total. The van der Waals surface area contributed by atoms with Crippen molar-refractivity contribution < 1.29 is 9.90 Å². The Morgan fingerprint density at radius 2 is 2.27 bits per heavy atom. The van der Waals surface area contributed by atoms with E-state index >= 15 is 0 Å². The molecule has 5 unspecified atom stereocenters. The number of piperidine rings is 2. The Hall–Kier alpha value is -0.570. The topological polar surface area (TPSA) is 40.5 Å².